The molecule has 3 fully saturated rings. The number of carboxylic acids is 1. The maximum Gasteiger partial charge on any atom is 0.359 e. The lowest BCUT2D eigenvalue weighted by Crippen LogP contribution is -2.62. The minimum atomic E-state index is -1.08. The van der Waals surface area contributed by atoms with Gasteiger partial charge in [-0.1, -0.05) is 6.07 Å². The number of hydrogen-bond acceptors (Lipinski definition) is 8. The predicted molar refractivity (Wildman–Crippen MR) is 214 cm³/mol. The molecule has 314 valence electrons. The monoisotopic (exact) mass is 816 g/mol. The van der Waals surface area contributed by atoms with Crippen LogP contribution in [0.5, 0.6) is 0 Å². The Morgan fingerprint density at radius 2 is 1.64 bits per heavy atom. The molecule has 7 rings (SSSR count). The first-order chi connectivity index (χ1) is 28.3. The van der Waals surface area contributed by atoms with Crippen LogP contribution in [0.25, 0.3) is 22.4 Å². The molecule has 3 N–H and O–H groups in total. The molecule has 3 aliphatic rings. The number of hydrogen-bond donors (Lipinski definition) is 3. The van der Waals surface area contributed by atoms with Crippen molar-refractivity contribution in [3.8, 4) is 22.4 Å². The molecule has 0 atom stereocenters. The fourth-order valence-corrected chi connectivity index (χ4v) is 8.71. The first kappa shape index (κ1) is 41.6. The van der Waals surface area contributed by atoms with Gasteiger partial charge >= 0.3 is 5.97 Å². The average molecular weight is 817 g/mol. The van der Waals surface area contributed by atoms with Gasteiger partial charge in [0.1, 0.15) is 0 Å². The molecule has 0 aliphatic carbocycles. The van der Waals surface area contributed by atoms with Crippen molar-refractivity contribution in [1.29, 1.82) is 0 Å². The van der Waals surface area contributed by atoms with Gasteiger partial charge < -0.3 is 39.3 Å². The number of aryl methyl sites for hydroxylation is 2. The second-order valence-electron chi connectivity index (χ2n) is 16.1. The molecule has 2 aromatic heterocycles. The summed E-state index contributed by atoms with van der Waals surface area (Å²) in [6, 6.07) is 7.91. The van der Waals surface area contributed by atoms with E-state index in [1.807, 2.05) is 4.90 Å². The number of carbonyl (C=O) groups is 4. The molecule has 3 amide bonds. The Bertz CT molecular complexity index is 2240. The van der Waals surface area contributed by atoms with Crippen LogP contribution in [0, 0.1) is 37.3 Å². The first-order valence-corrected chi connectivity index (χ1v) is 20.1. The molecule has 0 radical (unpaired) electrons. The van der Waals surface area contributed by atoms with Gasteiger partial charge in [-0.15, -0.1) is 0 Å². The Kier molecular flexibility index (Phi) is 12.3. The predicted octanol–water partition coefficient (Wildman–Crippen LogP) is 3.56. The van der Waals surface area contributed by atoms with E-state index in [4.69, 9.17) is 4.74 Å². The molecular weight excluding hydrogens is 765 g/mol. The number of aliphatic carboxylic acids is 1. The summed E-state index contributed by atoms with van der Waals surface area (Å²) < 4.78 is 39.7. The number of aromatic nitrogens is 4. The fraction of sp³-hybridized carbons (Fsp3) is 0.476. The Hall–Kier alpha value is -5.52. The normalized spacial score (nSPS) is 19.7. The van der Waals surface area contributed by atoms with E-state index >= 15 is 8.78 Å². The van der Waals surface area contributed by atoms with Crippen molar-refractivity contribution in [2.45, 2.75) is 33.2 Å². The summed E-state index contributed by atoms with van der Waals surface area (Å²) in [6.45, 7) is 10.1. The Morgan fingerprint density at radius 3 is 2.29 bits per heavy atom. The van der Waals surface area contributed by atoms with Crippen LogP contribution in [0.4, 0.5) is 14.5 Å². The minimum absolute atomic E-state index is 0.0255. The van der Waals surface area contributed by atoms with E-state index < -0.39 is 23.5 Å². The molecule has 4 aromatic rings. The van der Waals surface area contributed by atoms with Gasteiger partial charge in [0.2, 0.25) is 5.91 Å². The van der Waals surface area contributed by atoms with Crippen LogP contribution in [-0.2, 0) is 27.9 Å². The summed E-state index contributed by atoms with van der Waals surface area (Å²) in [6.07, 6.45) is 4.28. The van der Waals surface area contributed by atoms with Crippen LogP contribution in [0.3, 0.4) is 0 Å². The number of anilines is 1. The molecule has 2 aromatic carbocycles. The van der Waals surface area contributed by atoms with Crippen LogP contribution in [-0.4, -0.2) is 142 Å². The number of carbonyl (C=O) groups excluding carboxylic acids is 3. The van der Waals surface area contributed by atoms with Gasteiger partial charge in [-0.3, -0.25) is 19.1 Å². The van der Waals surface area contributed by atoms with E-state index in [2.05, 4.69) is 20.7 Å². The van der Waals surface area contributed by atoms with Gasteiger partial charge in [0, 0.05) is 112 Å². The Balaban J connectivity index is 0.939. The van der Waals surface area contributed by atoms with Gasteiger partial charge in [-0.05, 0) is 43.7 Å². The van der Waals surface area contributed by atoms with E-state index in [1.54, 1.807) is 62.0 Å². The number of piperidine rings is 1. The number of quaternary nitrogens is 1. The lowest BCUT2D eigenvalue weighted by Gasteiger charge is -2.46. The van der Waals surface area contributed by atoms with E-state index in [0.29, 0.717) is 104 Å². The number of piperazine rings is 1. The quantitative estimate of drug-likeness (QED) is 0.171. The highest BCUT2D eigenvalue weighted by molar-refractivity contribution is 6.03. The number of nitrogens with zero attached hydrogens (tertiary/aromatic N) is 7. The van der Waals surface area contributed by atoms with Crippen LogP contribution >= 0.6 is 0 Å². The van der Waals surface area contributed by atoms with Gasteiger partial charge in [0.25, 0.3) is 11.8 Å². The van der Waals surface area contributed by atoms with Gasteiger partial charge in [0.15, 0.2) is 24.0 Å². The molecule has 0 unspecified atom stereocenters. The molecule has 0 spiro atoms. The number of ether oxygens (including phenoxy) is 1. The summed E-state index contributed by atoms with van der Waals surface area (Å²) in [5, 5.41) is 20.0. The highest BCUT2D eigenvalue weighted by atomic mass is 19.2. The number of benzene rings is 2. The fourth-order valence-electron chi connectivity index (χ4n) is 8.71. The minimum Gasteiger partial charge on any atom is -0.477 e. The number of imidazole rings is 1. The number of methoxy groups -OCH3 is 1. The lowest BCUT2D eigenvalue weighted by atomic mass is 9.90. The van der Waals surface area contributed by atoms with Gasteiger partial charge in [0.05, 0.1) is 50.4 Å². The summed E-state index contributed by atoms with van der Waals surface area (Å²) in [5.41, 5.74) is 2.76. The molecule has 15 nitrogen and oxygen atoms in total. The van der Waals surface area contributed by atoms with Crippen molar-refractivity contribution < 1.29 is 42.3 Å². The summed E-state index contributed by atoms with van der Waals surface area (Å²) in [7, 11) is 3.12. The smallest absolute Gasteiger partial charge is 0.359 e. The maximum absolute atomic E-state index is 15.6. The molecule has 0 bridgehead atoms. The first-order valence-electron chi connectivity index (χ1n) is 20.1. The van der Waals surface area contributed by atoms with Gasteiger partial charge in [-0.2, -0.15) is 5.10 Å². The SMILES string of the molecule is COCCn1cc(-c2ccc(-c3cnc(C(=O)Nc4ccc(C(=O)N5CCN(C(=O)[C@H]6CC[N@+](CC(=O)O)(CC7CNC7)CC6)CC5)c(C)c4)n3C)c(F)c2F)c(C)n1. The Morgan fingerprint density at radius 1 is 0.966 bits per heavy atom. The van der Waals surface area contributed by atoms with Crippen molar-refractivity contribution >= 4 is 29.4 Å². The van der Waals surface area contributed by atoms with Crippen LogP contribution < -0.4 is 10.6 Å². The van der Waals surface area contributed by atoms with E-state index in [1.165, 1.54) is 22.9 Å². The summed E-state index contributed by atoms with van der Waals surface area (Å²) in [4.78, 5) is 60.0. The van der Waals surface area contributed by atoms with Crippen molar-refractivity contribution in [3.05, 3.63) is 77.0 Å². The second-order valence-corrected chi connectivity index (χ2v) is 16.1. The molecule has 3 saturated heterocycles. The third-order valence-electron chi connectivity index (χ3n) is 12.1. The van der Waals surface area contributed by atoms with Crippen molar-refractivity contribution in [2.75, 3.05) is 84.5 Å². The van der Waals surface area contributed by atoms with Gasteiger partial charge in [-0.25, -0.2) is 18.6 Å². The molecule has 0 saturated carbocycles. The number of amides is 3. The second kappa shape index (κ2) is 17.4. The van der Waals surface area contributed by atoms with Crippen molar-refractivity contribution in [1.82, 2.24) is 34.4 Å². The zero-order chi connectivity index (χ0) is 42.0. The summed E-state index contributed by atoms with van der Waals surface area (Å²) in [5.74, 6) is -3.28. The van der Waals surface area contributed by atoms with Crippen LogP contribution in [0.1, 0.15) is 45.1 Å². The van der Waals surface area contributed by atoms with Crippen LogP contribution in [0.2, 0.25) is 0 Å². The number of nitrogens with one attached hydrogen (secondary N) is 2. The highest BCUT2D eigenvalue weighted by Gasteiger charge is 2.42. The molecular formula is C42H52F2N9O6+. The van der Waals surface area contributed by atoms with Crippen LogP contribution in [0.15, 0.2) is 42.7 Å². The molecule has 59 heavy (non-hydrogen) atoms. The molecule has 5 heterocycles. The van der Waals surface area contributed by atoms with E-state index in [9.17, 15) is 24.3 Å². The van der Waals surface area contributed by atoms with E-state index in [0.717, 1.165) is 19.6 Å². The number of likely N-dealkylation sites (tertiary alicyclic amines) is 1. The highest BCUT2D eigenvalue weighted by Crippen LogP contribution is 2.33. The lowest BCUT2D eigenvalue weighted by molar-refractivity contribution is -0.929. The van der Waals surface area contributed by atoms with E-state index in [-0.39, 0.29) is 46.9 Å². The number of carboxylic acid groups (broad SMARTS) is 1. The number of halogens is 2. The average Bonchev–Trinajstić information content (AvgIpc) is 3.77. The maximum atomic E-state index is 15.6. The molecule has 17 heteroatoms. The Labute approximate surface area is 341 Å². The standard InChI is InChI=1S/C42H51F2N9O6/c1-26-19-30(47-40(56)39-46-22-35(49(39)3)33-8-7-32(37(43)38(33)44)34-23-52(15-18-59-4)48-27(34)2)5-6-31(26)42(58)51-13-11-50(12-14-51)41(57)29-9-16-53(17-10-29,25-36(54)55)24-28-20-45-21-28/h5-8,19,22-23,28-29,45H,9-18,20-21,24-25H2,1-4H3,(H-,47,54,55,56,58)/p+1/t29-,53+. The van der Waals surface area contributed by atoms with Crippen molar-refractivity contribution in [2.24, 2.45) is 18.9 Å². The number of rotatable bonds is 13. The largest absolute Gasteiger partial charge is 0.477 e. The zero-order valence-corrected chi connectivity index (χ0v) is 34.0. The molecule has 3 aliphatic heterocycles. The third-order valence-corrected chi connectivity index (χ3v) is 12.1. The summed E-state index contributed by atoms with van der Waals surface area (Å²) >= 11 is 0. The third kappa shape index (κ3) is 8.77. The topological polar surface area (TPSA) is 164 Å². The zero-order valence-electron chi connectivity index (χ0n) is 34.0. The van der Waals surface area contributed by atoms with Crippen molar-refractivity contribution in [3.63, 3.8) is 0 Å².